The summed E-state index contributed by atoms with van der Waals surface area (Å²) in [4.78, 5) is 4.48. The summed E-state index contributed by atoms with van der Waals surface area (Å²) in [5, 5.41) is 4.15. The zero-order valence-corrected chi connectivity index (χ0v) is 14.0. The molecule has 0 radical (unpaired) electrons. The number of para-hydroxylation sites is 1. The summed E-state index contributed by atoms with van der Waals surface area (Å²) in [6, 6.07) is 9.22. The average Bonchev–Trinajstić information content (AvgIpc) is 2.46. The Labute approximate surface area is 137 Å². The molecule has 7 heteroatoms. The van der Waals surface area contributed by atoms with Gasteiger partial charge in [-0.25, -0.2) is 13.1 Å². The lowest BCUT2D eigenvalue weighted by Crippen LogP contribution is -2.46. The Morgan fingerprint density at radius 2 is 2.05 bits per heavy atom. The second-order valence-corrected chi connectivity index (χ2v) is 7.21. The Hall–Kier alpha value is -1.21. The molecule has 22 heavy (non-hydrogen) atoms. The van der Waals surface area contributed by atoms with Crippen LogP contribution in [0.2, 0.25) is 0 Å². The monoisotopic (exact) mass is 341 g/mol. The van der Waals surface area contributed by atoms with Crippen molar-refractivity contribution in [1.82, 2.24) is 15.0 Å². The van der Waals surface area contributed by atoms with E-state index in [-0.39, 0.29) is 23.3 Å². The highest BCUT2D eigenvalue weighted by Crippen LogP contribution is 2.21. The summed E-state index contributed by atoms with van der Waals surface area (Å²) >= 11 is 0. The average molecular weight is 342 g/mol. The quantitative estimate of drug-likeness (QED) is 0.896. The molecule has 0 bridgehead atoms. The predicted octanol–water partition coefficient (Wildman–Crippen LogP) is 2.08. The molecule has 2 unspecified atom stereocenters. The molecule has 2 heterocycles. The van der Waals surface area contributed by atoms with E-state index in [0.29, 0.717) is 11.6 Å². The first-order valence-electron chi connectivity index (χ1n) is 7.16. The second kappa shape index (κ2) is 6.91. The minimum absolute atomic E-state index is 0. The van der Waals surface area contributed by atoms with Crippen molar-refractivity contribution in [1.29, 1.82) is 0 Å². The molecule has 1 aromatic heterocycles. The van der Waals surface area contributed by atoms with Crippen molar-refractivity contribution in [3.8, 4) is 0 Å². The van der Waals surface area contributed by atoms with Gasteiger partial charge in [0.15, 0.2) is 0 Å². The van der Waals surface area contributed by atoms with Gasteiger partial charge in [-0.15, -0.1) is 12.4 Å². The van der Waals surface area contributed by atoms with E-state index >= 15 is 0 Å². The van der Waals surface area contributed by atoms with E-state index in [4.69, 9.17) is 0 Å². The van der Waals surface area contributed by atoms with E-state index in [1.807, 2.05) is 12.1 Å². The summed E-state index contributed by atoms with van der Waals surface area (Å²) in [6.45, 7) is 2.90. The molecule has 1 aliphatic rings. The normalized spacial score (nSPS) is 22.2. The van der Waals surface area contributed by atoms with Crippen LogP contribution >= 0.6 is 12.4 Å². The van der Waals surface area contributed by atoms with Crippen molar-refractivity contribution in [3.63, 3.8) is 0 Å². The van der Waals surface area contributed by atoms with Gasteiger partial charge in [0.1, 0.15) is 4.90 Å². The molecule has 2 N–H and O–H groups in total. The molecule has 0 spiro atoms. The Morgan fingerprint density at radius 1 is 1.27 bits per heavy atom. The number of nitrogens with one attached hydrogen (secondary N) is 2. The molecule has 0 aliphatic carbocycles. The third-order valence-corrected chi connectivity index (χ3v) is 5.38. The van der Waals surface area contributed by atoms with Gasteiger partial charge in [-0.3, -0.25) is 4.98 Å². The topological polar surface area (TPSA) is 71.1 Å². The van der Waals surface area contributed by atoms with Gasteiger partial charge in [-0.2, -0.15) is 0 Å². The van der Waals surface area contributed by atoms with Gasteiger partial charge in [-0.05, 0) is 38.4 Å². The molecule has 2 aromatic rings. The fraction of sp³-hybridized carbons (Fsp3) is 0.400. The molecule has 5 nitrogen and oxygen atoms in total. The standard InChI is InChI=1S/C15H19N3O2S.ClH/c1-11-10-13(7-9-16-11)18-21(19,20)14-6-2-4-12-5-3-8-17-15(12)14;/h2-6,8,11,13,16,18H,7,9-10H2,1H3;1H. The maximum absolute atomic E-state index is 12.6. The van der Waals surface area contributed by atoms with Crippen LogP contribution in [0.4, 0.5) is 0 Å². The maximum atomic E-state index is 12.6. The first kappa shape index (κ1) is 17.1. The number of halogens is 1. The molecule has 0 saturated carbocycles. The van der Waals surface area contributed by atoms with E-state index in [0.717, 1.165) is 24.8 Å². The first-order chi connectivity index (χ1) is 10.1. The van der Waals surface area contributed by atoms with Gasteiger partial charge < -0.3 is 5.32 Å². The molecule has 1 aromatic carbocycles. The van der Waals surface area contributed by atoms with Crippen LogP contribution in [0.1, 0.15) is 19.8 Å². The predicted molar refractivity (Wildman–Crippen MR) is 89.8 cm³/mol. The maximum Gasteiger partial charge on any atom is 0.242 e. The summed E-state index contributed by atoms with van der Waals surface area (Å²) < 4.78 is 28.1. The fourth-order valence-electron chi connectivity index (χ4n) is 2.81. The van der Waals surface area contributed by atoms with E-state index in [2.05, 4.69) is 21.9 Å². The number of fused-ring (bicyclic) bond motifs is 1. The van der Waals surface area contributed by atoms with Crippen LogP contribution in [0.15, 0.2) is 41.4 Å². The largest absolute Gasteiger partial charge is 0.314 e. The Bertz CT molecular complexity index is 746. The Kier molecular flexibility index (Phi) is 5.39. The third kappa shape index (κ3) is 3.57. The highest BCUT2D eigenvalue weighted by Gasteiger charge is 2.25. The van der Waals surface area contributed by atoms with Gasteiger partial charge in [0.2, 0.25) is 10.0 Å². The number of aromatic nitrogens is 1. The molecular formula is C15H20ClN3O2S. The second-order valence-electron chi connectivity index (χ2n) is 5.53. The number of sulfonamides is 1. The van der Waals surface area contributed by atoms with Gasteiger partial charge in [0.25, 0.3) is 0 Å². The van der Waals surface area contributed by atoms with Crippen molar-refractivity contribution < 1.29 is 8.42 Å². The van der Waals surface area contributed by atoms with Crippen molar-refractivity contribution in [2.24, 2.45) is 0 Å². The molecule has 0 amide bonds. The van der Waals surface area contributed by atoms with Crippen LogP contribution in [-0.4, -0.2) is 32.0 Å². The van der Waals surface area contributed by atoms with Crippen molar-refractivity contribution >= 4 is 33.3 Å². The number of pyridine rings is 1. The SMILES string of the molecule is CC1CC(NS(=O)(=O)c2cccc3cccnc23)CCN1.Cl. The van der Waals surface area contributed by atoms with Crippen molar-refractivity contribution in [2.45, 2.75) is 36.7 Å². The van der Waals surface area contributed by atoms with Crippen LogP contribution in [0.3, 0.4) is 0 Å². The number of piperidine rings is 1. The van der Waals surface area contributed by atoms with E-state index in [9.17, 15) is 8.42 Å². The third-order valence-electron chi connectivity index (χ3n) is 3.83. The summed E-state index contributed by atoms with van der Waals surface area (Å²) in [6.07, 6.45) is 3.23. The highest BCUT2D eigenvalue weighted by molar-refractivity contribution is 7.89. The van der Waals surface area contributed by atoms with E-state index in [1.165, 1.54) is 0 Å². The summed E-state index contributed by atoms with van der Waals surface area (Å²) in [5.74, 6) is 0. The number of nitrogens with zero attached hydrogens (tertiary/aromatic N) is 1. The first-order valence-corrected chi connectivity index (χ1v) is 8.64. The minimum Gasteiger partial charge on any atom is -0.314 e. The zero-order chi connectivity index (χ0) is 14.9. The van der Waals surface area contributed by atoms with Crippen LogP contribution in [-0.2, 0) is 10.0 Å². The highest BCUT2D eigenvalue weighted by atomic mass is 35.5. The zero-order valence-electron chi connectivity index (χ0n) is 12.3. The van der Waals surface area contributed by atoms with Crippen LogP contribution in [0.25, 0.3) is 10.9 Å². The molecular weight excluding hydrogens is 322 g/mol. The number of benzene rings is 1. The number of rotatable bonds is 3. The minimum atomic E-state index is -3.55. The van der Waals surface area contributed by atoms with Gasteiger partial charge in [-0.1, -0.05) is 18.2 Å². The molecule has 1 fully saturated rings. The van der Waals surface area contributed by atoms with Crippen LogP contribution in [0, 0.1) is 0 Å². The summed E-state index contributed by atoms with van der Waals surface area (Å²) in [7, 11) is -3.55. The molecule has 2 atom stereocenters. The number of hydrogen-bond donors (Lipinski definition) is 2. The fourth-order valence-corrected chi connectivity index (χ4v) is 4.28. The van der Waals surface area contributed by atoms with Gasteiger partial charge in [0, 0.05) is 23.7 Å². The van der Waals surface area contributed by atoms with Gasteiger partial charge >= 0.3 is 0 Å². The Balaban J connectivity index is 0.00000176. The lowest BCUT2D eigenvalue weighted by molar-refractivity contribution is 0.361. The lowest BCUT2D eigenvalue weighted by Gasteiger charge is -2.28. The van der Waals surface area contributed by atoms with E-state index < -0.39 is 10.0 Å². The van der Waals surface area contributed by atoms with Crippen LogP contribution in [0.5, 0.6) is 0 Å². The molecule has 120 valence electrons. The Morgan fingerprint density at radius 3 is 2.82 bits per heavy atom. The molecule has 1 saturated heterocycles. The van der Waals surface area contributed by atoms with E-state index in [1.54, 1.807) is 24.4 Å². The van der Waals surface area contributed by atoms with Crippen molar-refractivity contribution in [2.75, 3.05) is 6.54 Å². The molecule has 1 aliphatic heterocycles. The lowest BCUT2D eigenvalue weighted by atomic mass is 10.0. The molecule has 3 rings (SSSR count). The van der Waals surface area contributed by atoms with Crippen LogP contribution < -0.4 is 10.0 Å². The smallest absolute Gasteiger partial charge is 0.242 e. The number of hydrogen-bond acceptors (Lipinski definition) is 4. The van der Waals surface area contributed by atoms with Crippen molar-refractivity contribution in [3.05, 3.63) is 36.5 Å². The van der Waals surface area contributed by atoms with Gasteiger partial charge in [0.05, 0.1) is 5.52 Å². The summed E-state index contributed by atoms with van der Waals surface area (Å²) in [5.41, 5.74) is 0.523.